The molecule has 0 aliphatic rings. The summed E-state index contributed by atoms with van der Waals surface area (Å²) < 4.78 is 0. The molecule has 2 heterocycles. The van der Waals surface area contributed by atoms with E-state index in [9.17, 15) is 4.79 Å². The van der Waals surface area contributed by atoms with Gasteiger partial charge in [0.05, 0.1) is 17.4 Å². The highest BCUT2D eigenvalue weighted by Gasteiger charge is 2.07. The average Bonchev–Trinajstić information content (AvgIpc) is 2.48. The first-order valence-corrected chi connectivity index (χ1v) is 6.10. The molecule has 0 atom stereocenters. The summed E-state index contributed by atoms with van der Waals surface area (Å²) in [7, 11) is 0. The molecule has 0 saturated carbocycles. The lowest BCUT2D eigenvalue weighted by molar-refractivity contribution is 0.102. The Bertz CT molecular complexity index is 768. The van der Waals surface area contributed by atoms with Gasteiger partial charge in [-0.25, -0.2) is 4.98 Å². The molecule has 0 radical (unpaired) electrons. The highest BCUT2D eigenvalue weighted by molar-refractivity contribution is 6.03. The van der Waals surface area contributed by atoms with Crippen molar-refractivity contribution in [3.8, 4) is 0 Å². The van der Waals surface area contributed by atoms with Crippen LogP contribution in [0.3, 0.4) is 0 Å². The van der Waals surface area contributed by atoms with Crippen molar-refractivity contribution in [1.82, 2.24) is 9.97 Å². The number of nitrogen functional groups attached to an aromatic ring is 1. The van der Waals surface area contributed by atoms with E-state index in [0.717, 1.165) is 10.9 Å². The van der Waals surface area contributed by atoms with Gasteiger partial charge >= 0.3 is 0 Å². The molecule has 3 aromatic rings. The molecular weight excluding hydrogens is 252 g/mol. The number of nitrogens with two attached hydrogens (primary N) is 1. The summed E-state index contributed by atoms with van der Waals surface area (Å²) in [5, 5.41) is 3.77. The minimum atomic E-state index is -0.270. The van der Waals surface area contributed by atoms with E-state index in [4.69, 9.17) is 5.73 Å². The van der Waals surface area contributed by atoms with Crippen molar-refractivity contribution in [2.45, 2.75) is 0 Å². The van der Waals surface area contributed by atoms with Crippen LogP contribution in [0, 0.1) is 0 Å². The summed E-state index contributed by atoms with van der Waals surface area (Å²) in [6.45, 7) is 0. The Kier molecular flexibility index (Phi) is 3.01. The Morgan fingerprint density at radius 1 is 1.10 bits per heavy atom. The first kappa shape index (κ1) is 12.1. The molecule has 0 saturated heterocycles. The molecule has 5 heteroatoms. The van der Waals surface area contributed by atoms with Gasteiger partial charge in [-0.3, -0.25) is 9.78 Å². The summed E-state index contributed by atoms with van der Waals surface area (Å²) >= 11 is 0. The molecule has 1 amide bonds. The van der Waals surface area contributed by atoms with Crippen molar-refractivity contribution in [1.29, 1.82) is 0 Å². The van der Waals surface area contributed by atoms with Gasteiger partial charge in [0.15, 0.2) is 0 Å². The normalized spacial score (nSPS) is 10.4. The van der Waals surface area contributed by atoms with Gasteiger partial charge in [-0.05, 0) is 36.4 Å². The zero-order chi connectivity index (χ0) is 13.9. The van der Waals surface area contributed by atoms with Crippen LogP contribution >= 0.6 is 0 Å². The van der Waals surface area contributed by atoms with E-state index < -0.39 is 0 Å². The number of hydrogen-bond acceptors (Lipinski definition) is 4. The molecule has 98 valence electrons. The Morgan fingerprint density at radius 3 is 2.80 bits per heavy atom. The summed E-state index contributed by atoms with van der Waals surface area (Å²) in [6, 6.07) is 12.6. The first-order chi connectivity index (χ1) is 9.72. The van der Waals surface area contributed by atoms with E-state index in [1.807, 2.05) is 30.3 Å². The van der Waals surface area contributed by atoms with Crippen LogP contribution in [0.1, 0.15) is 10.5 Å². The molecule has 3 rings (SSSR count). The fourth-order valence-electron chi connectivity index (χ4n) is 1.89. The quantitative estimate of drug-likeness (QED) is 0.745. The van der Waals surface area contributed by atoms with Gasteiger partial charge in [0, 0.05) is 17.3 Å². The standard InChI is InChI=1S/C15H12N4O/c16-11-3-5-14(18-9-11)15(20)19-12-4-6-13-10(8-12)2-1-7-17-13/h1-9H,16H2,(H,19,20). The van der Waals surface area contributed by atoms with Crippen LogP contribution in [0.2, 0.25) is 0 Å². The number of nitrogens with zero attached hydrogens (tertiary/aromatic N) is 2. The second kappa shape index (κ2) is 4.97. The number of hydrogen-bond donors (Lipinski definition) is 2. The average molecular weight is 264 g/mol. The molecule has 0 unspecified atom stereocenters. The van der Waals surface area contributed by atoms with Crippen molar-refractivity contribution >= 4 is 28.2 Å². The van der Waals surface area contributed by atoms with E-state index >= 15 is 0 Å². The molecule has 1 aromatic carbocycles. The van der Waals surface area contributed by atoms with E-state index in [2.05, 4.69) is 15.3 Å². The first-order valence-electron chi connectivity index (χ1n) is 6.10. The lowest BCUT2D eigenvalue weighted by Gasteiger charge is -2.06. The molecule has 0 aliphatic carbocycles. The number of carbonyl (C=O) groups is 1. The van der Waals surface area contributed by atoms with Crippen molar-refractivity contribution < 1.29 is 4.79 Å². The number of rotatable bonds is 2. The van der Waals surface area contributed by atoms with Crippen molar-refractivity contribution in [2.24, 2.45) is 0 Å². The molecule has 0 bridgehead atoms. The van der Waals surface area contributed by atoms with Gasteiger partial charge in [0.1, 0.15) is 5.69 Å². The third-order valence-corrected chi connectivity index (χ3v) is 2.88. The number of pyridine rings is 2. The van der Waals surface area contributed by atoms with Crippen LogP contribution in [0.4, 0.5) is 11.4 Å². The molecule has 0 fully saturated rings. The van der Waals surface area contributed by atoms with Gasteiger partial charge in [-0.15, -0.1) is 0 Å². The second-order valence-corrected chi connectivity index (χ2v) is 4.34. The van der Waals surface area contributed by atoms with Gasteiger partial charge < -0.3 is 11.1 Å². The van der Waals surface area contributed by atoms with E-state index in [0.29, 0.717) is 17.1 Å². The lowest BCUT2D eigenvalue weighted by Crippen LogP contribution is -2.13. The fourth-order valence-corrected chi connectivity index (χ4v) is 1.89. The number of fused-ring (bicyclic) bond motifs is 1. The Morgan fingerprint density at radius 2 is 2.00 bits per heavy atom. The summed E-state index contributed by atoms with van der Waals surface area (Å²) in [4.78, 5) is 20.2. The maximum Gasteiger partial charge on any atom is 0.274 e. The Labute approximate surface area is 115 Å². The smallest absolute Gasteiger partial charge is 0.274 e. The maximum atomic E-state index is 12.0. The molecule has 3 N–H and O–H groups in total. The van der Waals surface area contributed by atoms with Crippen LogP contribution in [0.15, 0.2) is 54.9 Å². The minimum absolute atomic E-state index is 0.270. The van der Waals surface area contributed by atoms with Crippen molar-refractivity contribution in [3.63, 3.8) is 0 Å². The molecule has 2 aromatic heterocycles. The van der Waals surface area contributed by atoms with Gasteiger partial charge in [-0.1, -0.05) is 6.07 Å². The van der Waals surface area contributed by atoms with Crippen molar-refractivity contribution in [3.05, 3.63) is 60.6 Å². The van der Waals surface area contributed by atoms with Gasteiger partial charge in [0.25, 0.3) is 5.91 Å². The van der Waals surface area contributed by atoms with Crippen molar-refractivity contribution in [2.75, 3.05) is 11.1 Å². The van der Waals surface area contributed by atoms with Crippen LogP contribution in [-0.2, 0) is 0 Å². The third kappa shape index (κ3) is 2.42. The highest BCUT2D eigenvalue weighted by atomic mass is 16.1. The Hall–Kier alpha value is -2.95. The fraction of sp³-hybridized carbons (Fsp3) is 0. The number of amides is 1. The predicted octanol–water partition coefficient (Wildman–Crippen LogP) is 2.46. The minimum Gasteiger partial charge on any atom is -0.397 e. The number of carbonyl (C=O) groups excluding carboxylic acids is 1. The zero-order valence-corrected chi connectivity index (χ0v) is 10.6. The number of anilines is 2. The van der Waals surface area contributed by atoms with E-state index in [1.54, 1.807) is 18.3 Å². The molecular formula is C15H12N4O. The second-order valence-electron chi connectivity index (χ2n) is 4.34. The highest BCUT2D eigenvalue weighted by Crippen LogP contribution is 2.17. The SMILES string of the molecule is Nc1ccc(C(=O)Nc2ccc3ncccc3c2)nc1. The monoisotopic (exact) mass is 264 g/mol. The predicted molar refractivity (Wildman–Crippen MR) is 78.3 cm³/mol. The topological polar surface area (TPSA) is 80.9 Å². The molecule has 0 spiro atoms. The van der Waals surface area contributed by atoms with Crippen LogP contribution in [-0.4, -0.2) is 15.9 Å². The molecule has 5 nitrogen and oxygen atoms in total. The van der Waals surface area contributed by atoms with Crippen LogP contribution in [0.5, 0.6) is 0 Å². The number of nitrogens with one attached hydrogen (secondary N) is 1. The maximum absolute atomic E-state index is 12.0. The van der Waals surface area contributed by atoms with E-state index in [1.165, 1.54) is 6.20 Å². The lowest BCUT2D eigenvalue weighted by atomic mass is 10.2. The third-order valence-electron chi connectivity index (χ3n) is 2.88. The summed E-state index contributed by atoms with van der Waals surface area (Å²) in [6.07, 6.45) is 3.19. The van der Waals surface area contributed by atoms with E-state index in [-0.39, 0.29) is 5.91 Å². The summed E-state index contributed by atoms with van der Waals surface area (Å²) in [5.74, 6) is -0.270. The number of aromatic nitrogens is 2. The summed E-state index contributed by atoms with van der Waals surface area (Å²) in [5.41, 5.74) is 7.98. The Balaban J connectivity index is 1.85. The van der Waals surface area contributed by atoms with Gasteiger partial charge in [-0.2, -0.15) is 0 Å². The zero-order valence-electron chi connectivity index (χ0n) is 10.6. The molecule has 0 aliphatic heterocycles. The molecule has 20 heavy (non-hydrogen) atoms. The largest absolute Gasteiger partial charge is 0.397 e. The van der Waals surface area contributed by atoms with Gasteiger partial charge in [0.2, 0.25) is 0 Å². The van der Waals surface area contributed by atoms with Crippen LogP contribution in [0.25, 0.3) is 10.9 Å². The van der Waals surface area contributed by atoms with Crippen LogP contribution < -0.4 is 11.1 Å². The number of benzene rings is 1.